The predicted octanol–water partition coefficient (Wildman–Crippen LogP) is 3.60. The zero-order chi connectivity index (χ0) is 18.0. The lowest BCUT2D eigenvalue weighted by atomic mass is 10.2. The highest BCUT2D eigenvalue weighted by atomic mass is 28.3. The van der Waals surface area contributed by atoms with Gasteiger partial charge in [0, 0.05) is 6.17 Å². The quantitative estimate of drug-likeness (QED) is 0.618. The minimum Gasteiger partial charge on any atom is -0.458 e. The van der Waals surface area contributed by atoms with Gasteiger partial charge < -0.3 is 9.47 Å². The summed E-state index contributed by atoms with van der Waals surface area (Å²) in [6.45, 7) is 10.1. The van der Waals surface area contributed by atoms with Gasteiger partial charge in [0.25, 0.3) is 0 Å². The molecule has 0 N–H and O–H groups in total. The molecule has 1 aliphatic rings. The molecule has 0 bridgehead atoms. The van der Waals surface area contributed by atoms with Crippen molar-refractivity contribution < 1.29 is 19.1 Å². The number of esters is 1. The normalized spacial score (nSPS) is 19.9. The first-order chi connectivity index (χ1) is 11.1. The molecule has 1 aromatic rings. The van der Waals surface area contributed by atoms with Crippen LogP contribution >= 0.6 is 0 Å². The highest BCUT2D eigenvalue weighted by Crippen LogP contribution is 2.29. The molecule has 0 aliphatic carbocycles. The summed E-state index contributed by atoms with van der Waals surface area (Å²) in [5.41, 5.74) is 0.362. The summed E-state index contributed by atoms with van der Waals surface area (Å²) in [5.74, 6) is -0.336. The van der Waals surface area contributed by atoms with Gasteiger partial charge in [0.2, 0.25) is 0 Å². The van der Waals surface area contributed by atoms with E-state index in [2.05, 4.69) is 13.1 Å². The first kappa shape index (κ1) is 18.5. The van der Waals surface area contributed by atoms with Crippen molar-refractivity contribution in [3.05, 3.63) is 35.9 Å². The molecular weight excluding hydrogens is 322 g/mol. The molecule has 1 aliphatic heterocycles. The van der Waals surface area contributed by atoms with Gasteiger partial charge in [-0.2, -0.15) is 0 Å². The molecule has 0 aromatic heterocycles. The van der Waals surface area contributed by atoms with Gasteiger partial charge in [-0.15, -0.1) is 0 Å². The van der Waals surface area contributed by atoms with E-state index in [0.717, 1.165) is 5.56 Å². The van der Waals surface area contributed by atoms with E-state index in [1.807, 2.05) is 51.1 Å². The van der Waals surface area contributed by atoms with Crippen molar-refractivity contribution in [3.8, 4) is 0 Å². The fourth-order valence-electron chi connectivity index (χ4n) is 2.84. The summed E-state index contributed by atoms with van der Waals surface area (Å²) < 4.78 is 10.9. The molecule has 1 heterocycles. The monoisotopic (exact) mass is 349 g/mol. The van der Waals surface area contributed by atoms with Crippen molar-refractivity contribution in [2.24, 2.45) is 0 Å². The molecule has 1 fully saturated rings. The van der Waals surface area contributed by atoms with Crippen molar-refractivity contribution >= 4 is 20.1 Å². The fraction of sp³-hybridized carbons (Fsp3) is 0.556. The Morgan fingerprint density at radius 1 is 1.21 bits per heavy atom. The third kappa shape index (κ3) is 5.09. The molecule has 0 spiro atoms. The van der Waals surface area contributed by atoms with Gasteiger partial charge in [-0.05, 0) is 32.4 Å². The number of nitrogens with zero attached hydrogens (tertiary/aromatic N) is 1. The van der Waals surface area contributed by atoms with E-state index in [9.17, 15) is 9.59 Å². The molecule has 24 heavy (non-hydrogen) atoms. The van der Waals surface area contributed by atoms with E-state index >= 15 is 0 Å². The van der Waals surface area contributed by atoms with Gasteiger partial charge in [0.1, 0.15) is 18.2 Å². The summed E-state index contributed by atoms with van der Waals surface area (Å²) >= 11 is 0. The Hall–Kier alpha value is -1.82. The number of hydrogen-bond acceptors (Lipinski definition) is 4. The van der Waals surface area contributed by atoms with Crippen molar-refractivity contribution in [1.82, 2.24) is 4.90 Å². The maximum Gasteiger partial charge on any atom is 0.410 e. The Morgan fingerprint density at radius 2 is 1.83 bits per heavy atom. The minimum absolute atomic E-state index is 0.208. The number of hydrogen-bond donors (Lipinski definition) is 0. The van der Waals surface area contributed by atoms with E-state index in [1.54, 1.807) is 4.90 Å². The number of carbonyl (C=O) groups excluding carboxylic acids is 2. The van der Waals surface area contributed by atoms with E-state index in [-0.39, 0.29) is 12.6 Å². The Bertz CT molecular complexity index is 595. The van der Waals surface area contributed by atoms with Crippen LogP contribution < -0.4 is 0 Å². The molecule has 6 heteroatoms. The lowest BCUT2D eigenvalue weighted by molar-refractivity contribution is -0.159. The highest BCUT2D eigenvalue weighted by molar-refractivity contribution is 6.78. The highest BCUT2D eigenvalue weighted by Gasteiger charge is 2.47. The SMILES string of the molecule is CC(C)(C)OC(=O)C1C[Si](C)(C)CN1C(=O)OCc1ccccc1. The second-order valence-corrected chi connectivity index (χ2v) is 13.1. The van der Waals surface area contributed by atoms with Gasteiger partial charge in [-0.3, -0.25) is 4.90 Å². The van der Waals surface area contributed by atoms with Crippen LogP contribution in [0.2, 0.25) is 19.1 Å². The van der Waals surface area contributed by atoms with Crippen LogP contribution in [0.1, 0.15) is 26.3 Å². The van der Waals surface area contributed by atoms with Crippen LogP contribution in [0.15, 0.2) is 30.3 Å². The number of benzene rings is 1. The number of ether oxygens (including phenoxy) is 2. The standard InChI is InChI=1S/C18H27NO4Si/c1-18(2,3)23-16(20)15-12-24(4,5)13-19(15)17(21)22-11-14-9-7-6-8-10-14/h6-10,15H,11-13H2,1-5H3. The number of rotatable bonds is 3. The van der Waals surface area contributed by atoms with Crippen LogP contribution in [-0.4, -0.2) is 42.8 Å². The number of amides is 1. The van der Waals surface area contributed by atoms with Crippen LogP contribution in [0.5, 0.6) is 0 Å². The van der Waals surface area contributed by atoms with Crippen molar-refractivity contribution in [2.75, 3.05) is 6.17 Å². The molecule has 132 valence electrons. The molecule has 1 saturated heterocycles. The molecule has 1 aromatic carbocycles. The fourth-order valence-corrected chi connectivity index (χ4v) is 5.68. The predicted molar refractivity (Wildman–Crippen MR) is 95.3 cm³/mol. The van der Waals surface area contributed by atoms with Gasteiger partial charge in [-0.1, -0.05) is 43.4 Å². The smallest absolute Gasteiger partial charge is 0.410 e. The summed E-state index contributed by atoms with van der Waals surface area (Å²) in [6, 6.07) is 9.70. The lowest BCUT2D eigenvalue weighted by Crippen LogP contribution is -2.44. The van der Waals surface area contributed by atoms with Crippen LogP contribution in [0.4, 0.5) is 4.79 Å². The average molecular weight is 350 g/mol. The Labute approximate surface area is 144 Å². The van der Waals surface area contributed by atoms with E-state index in [1.165, 1.54) is 0 Å². The maximum atomic E-state index is 12.5. The Morgan fingerprint density at radius 3 is 2.42 bits per heavy atom. The van der Waals surface area contributed by atoms with Crippen LogP contribution in [-0.2, 0) is 20.9 Å². The van der Waals surface area contributed by atoms with E-state index in [4.69, 9.17) is 9.47 Å². The van der Waals surface area contributed by atoms with Crippen LogP contribution in [0.25, 0.3) is 0 Å². The van der Waals surface area contributed by atoms with Crippen molar-refractivity contribution in [3.63, 3.8) is 0 Å². The average Bonchev–Trinajstić information content (AvgIpc) is 2.80. The molecule has 0 radical (unpaired) electrons. The Balaban J connectivity index is 2.04. The second kappa shape index (κ2) is 6.97. The van der Waals surface area contributed by atoms with Gasteiger partial charge in [0.05, 0.1) is 8.07 Å². The zero-order valence-electron chi connectivity index (χ0n) is 15.2. The largest absolute Gasteiger partial charge is 0.458 e. The third-order valence-electron chi connectivity index (χ3n) is 3.84. The van der Waals surface area contributed by atoms with Crippen LogP contribution in [0, 0.1) is 0 Å². The first-order valence-electron chi connectivity index (χ1n) is 8.28. The Kier molecular flexibility index (Phi) is 5.37. The number of carbonyl (C=O) groups is 2. The van der Waals surface area contributed by atoms with Gasteiger partial charge in [-0.25, -0.2) is 9.59 Å². The molecule has 0 saturated carbocycles. The maximum absolute atomic E-state index is 12.5. The molecule has 5 nitrogen and oxygen atoms in total. The van der Waals surface area contributed by atoms with E-state index in [0.29, 0.717) is 12.2 Å². The van der Waals surface area contributed by atoms with Crippen molar-refractivity contribution in [1.29, 1.82) is 0 Å². The minimum atomic E-state index is -1.65. The molecule has 2 rings (SSSR count). The molecule has 1 unspecified atom stereocenters. The van der Waals surface area contributed by atoms with Crippen LogP contribution in [0.3, 0.4) is 0 Å². The zero-order valence-corrected chi connectivity index (χ0v) is 16.2. The summed E-state index contributed by atoms with van der Waals surface area (Å²) in [6.07, 6.45) is 0.178. The van der Waals surface area contributed by atoms with Gasteiger partial charge in [0.15, 0.2) is 0 Å². The van der Waals surface area contributed by atoms with Gasteiger partial charge >= 0.3 is 12.1 Å². The second-order valence-electron chi connectivity index (χ2n) is 8.09. The third-order valence-corrected chi connectivity index (χ3v) is 6.53. The van der Waals surface area contributed by atoms with Crippen molar-refractivity contribution in [2.45, 2.75) is 58.2 Å². The summed E-state index contributed by atoms with van der Waals surface area (Å²) in [7, 11) is -1.65. The lowest BCUT2D eigenvalue weighted by Gasteiger charge is -2.27. The topological polar surface area (TPSA) is 55.8 Å². The first-order valence-corrected chi connectivity index (χ1v) is 11.7. The molecule has 1 amide bonds. The summed E-state index contributed by atoms with van der Waals surface area (Å²) in [5, 5.41) is 0. The molecular formula is C18H27NO4Si. The summed E-state index contributed by atoms with van der Waals surface area (Å²) in [4.78, 5) is 26.6. The molecule has 1 atom stereocenters. The van der Waals surface area contributed by atoms with E-state index < -0.39 is 25.8 Å².